The third kappa shape index (κ3) is 6.89. The van der Waals surface area contributed by atoms with Gasteiger partial charge in [0.1, 0.15) is 13.2 Å². The molecule has 0 saturated carbocycles. The first-order valence-electron chi connectivity index (χ1n) is 14.2. The maximum absolute atomic E-state index is 13.1. The summed E-state index contributed by atoms with van der Waals surface area (Å²) in [4.78, 5) is 38.3. The highest BCUT2D eigenvalue weighted by molar-refractivity contribution is 5.80. The molecule has 0 fully saturated rings. The third-order valence-corrected chi connectivity index (χ3v) is 7.50. The molecule has 0 aromatic heterocycles. The lowest BCUT2D eigenvalue weighted by Crippen LogP contribution is -2.42. The highest BCUT2D eigenvalue weighted by Crippen LogP contribution is 2.44. The fourth-order valence-electron chi connectivity index (χ4n) is 5.28. The Balaban J connectivity index is 1.20. The van der Waals surface area contributed by atoms with Crippen LogP contribution in [-0.4, -0.2) is 59.8 Å². The van der Waals surface area contributed by atoms with Crippen LogP contribution in [0.4, 0.5) is 27.5 Å². The van der Waals surface area contributed by atoms with Crippen LogP contribution in [-0.2, 0) is 9.53 Å². The zero-order valence-corrected chi connectivity index (χ0v) is 24.1. The average Bonchev–Trinajstić information content (AvgIpc) is 3.36. The number of nitro benzene ring substituents is 1. The van der Waals surface area contributed by atoms with Gasteiger partial charge in [0.15, 0.2) is 0 Å². The maximum Gasteiger partial charge on any atom is 0.410 e. The van der Waals surface area contributed by atoms with Crippen molar-refractivity contribution in [1.82, 2.24) is 4.90 Å². The molecular formula is C33H31N5O6. The van der Waals surface area contributed by atoms with Crippen LogP contribution < -0.4 is 4.90 Å². The van der Waals surface area contributed by atoms with Gasteiger partial charge < -0.3 is 14.7 Å². The number of hydrogen-bond acceptors (Lipinski definition) is 8. The fourth-order valence-corrected chi connectivity index (χ4v) is 5.28. The van der Waals surface area contributed by atoms with Gasteiger partial charge in [-0.2, -0.15) is 10.2 Å². The molecule has 11 nitrogen and oxygen atoms in total. The van der Waals surface area contributed by atoms with Crippen LogP contribution in [0.2, 0.25) is 0 Å². The Bertz CT molecular complexity index is 1630. The lowest BCUT2D eigenvalue weighted by molar-refractivity contribution is -0.384. The Labute approximate surface area is 254 Å². The minimum Gasteiger partial charge on any atom is -0.480 e. The van der Waals surface area contributed by atoms with Gasteiger partial charge in [0, 0.05) is 43.4 Å². The van der Waals surface area contributed by atoms with Crippen LogP contribution in [0.1, 0.15) is 24.0 Å². The number of non-ortho nitro benzene ring substituents is 1. The van der Waals surface area contributed by atoms with Gasteiger partial charge in [-0.25, -0.2) is 4.79 Å². The predicted molar refractivity (Wildman–Crippen MR) is 166 cm³/mol. The van der Waals surface area contributed by atoms with E-state index in [2.05, 4.69) is 22.4 Å². The average molecular weight is 594 g/mol. The zero-order valence-electron chi connectivity index (χ0n) is 24.1. The molecule has 0 radical (unpaired) electrons. The number of carboxylic acid groups (broad SMARTS) is 1. The van der Waals surface area contributed by atoms with E-state index >= 15 is 0 Å². The van der Waals surface area contributed by atoms with Gasteiger partial charge in [-0.05, 0) is 65.6 Å². The van der Waals surface area contributed by atoms with E-state index in [-0.39, 0.29) is 24.8 Å². The number of benzene rings is 4. The van der Waals surface area contributed by atoms with E-state index in [4.69, 9.17) is 4.74 Å². The van der Waals surface area contributed by atoms with Gasteiger partial charge in [-0.1, -0.05) is 48.5 Å². The molecule has 0 bridgehead atoms. The van der Waals surface area contributed by atoms with Crippen molar-refractivity contribution in [2.45, 2.75) is 12.8 Å². The lowest BCUT2D eigenvalue weighted by atomic mass is 9.98. The predicted octanol–water partition coefficient (Wildman–Crippen LogP) is 7.17. The van der Waals surface area contributed by atoms with Gasteiger partial charge >= 0.3 is 12.1 Å². The molecule has 11 heteroatoms. The summed E-state index contributed by atoms with van der Waals surface area (Å²) >= 11 is 0. The molecule has 0 unspecified atom stereocenters. The van der Waals surface area contributed by atoms with Crippen LogP contribution >= 0.6 is 0 Å². The standard InChI is InChI=1S/C33H31N5O6/c1-2-36(25-15-11-23(12-16-25)34-35-24-13-17-26(18-14-24)38(42)43)19-20-37(21-32(39)40)33(41)44-22-31-29-9-5-3-7-27(29)28-8-4-6-10-30(28)31/h3-18,31H,2,19-22H2,1H3,(H,39,40). The van der Waals surface area contributed by atoms with E-state index in [0.29, 0.717) is 24.5 Å². The maximum atomic E-state index is 13.1. The second-order valence-corrected chi connectivity index (χ2v) is 10.2. The van der Waals surface area contributed by atoms with Crippen LogP contribution in [0.15, 0.2) is 107 Å². The molecule has 224 valence electrons. The second-order valence-electron chi connectivity index (χ2n) is 10.2. The first-order valence-corrected chi connectivity index (χ1v) is 14.2. The Morgan fingerprint density at radius 2 is 1.39 bits per heavy atom. The number of anilines is 1. The van der Waals surface area contributed by atoms with Crippen molar-refractivity contribution in [3.8, 4) is 11.1 Å². The van der Waals surface area contributed by atoms with E-state index in [1.807, 2.05) is 60.4 Å². The van der Waals surface area contributed by atoms with E-state index in [1.165, 1.54) is 29.2 Å². The molecule has 44 heavy (non-hydrogen) atoms. The van der Waals surface area contributed by atoms with Crippen molar-refractivity contribution in [2.75, 3.05) is 37.7 Å². The van der Waals surface area contributed by atoms with E-state index in [0.717, 1.165) is 27.9 Å². The number of carbonyl (C=O) groups is 2. The first kappa shape index (κ1) is 29.9. The Kier molecular flexibility index (Phi) is 9.24. The quantitative estimate of drug-likeness (QED) is 0.104. The van der Waals surface area contributed by atoms with Crippen LogP contribution in [0, 0.1) is 10.1 Å². The number of ether oxygens (including phenoxy) is 1. The summed E-state index contributed by atoms with van der Waals surface area (Å²) in [6.07, 6.45) is -0.674. The number of azo groups is 1. The normalized spacial score (nSPS) is 12.0. The summed E-state index contributed by atoms with van der Waals surface area (Å²) in [6, 6.07) is 29.1. The van der Waals surface area contributed by atoms with Crippen LogP contribution in [0.25, 0.3) is 11.1 Å². The van der Waals surface area contributed by atoms with E-state index < -0.39 is 23.5 Å². The van der Waals surface area contributed by atoms with Crippen molar-refractivity contribution >= 4 is 34.8 Å². The summed E-state index contributed by atoms with van der Waals surface area (Å²) in [7, 11) is 0. The monoisotopic (exact) mass is 593 g/mol. The second kappa shape index (κ2) is 13.6. The molecule has 1 amide bonds. The molecule has 0 spiro atoms. The number of rotatable bonds is 12. The smallest absolute Gasteiger partial charge is 0.410 e. The summed E-state index contributed by atoms with van der Waals surface area (Å²) in [5.74, 6) is -1.24. The molecule has 1 aliphatic carbocycles. The minimum atomic E-state index is -1.12. The number of hydrogen-bond donors (Lipinski definition) is 1. The van der Waals surface area contributed by atoms with Gasteiger partial charge in [-0.15, -0.1) is 0 Å². The molecule has 1 aliphatic rings. The van der Waals surface area contributed by atoms with Gasteiger partial charge in [0.05, 0.1) is 16.3 Å². The molecular weight excluding hydrogens is 562 g/mol. The largest absolute Gasteiger partial charge is 0.480 e. The minimum absolute atomic E-state index is 0.0199. The van der Waals surface area contributed by atoms with E-state index in [1.54, 1.807) is 12.1 Å². The van der Waals surface area contributed by atoms with E-state index in [9.17, 15) is 24.8 Å². The van der Waals surface area contributed by atoms with Crippen LogP contribution in [0.3, 0.4) is 0 Å². The molecule has 0 saturated heterocycles. The molecule has 1 N–H and O–H groups in total. The summed E-state index contributed by atoms with van der Waals surface area (Å²) < 4.78 is 5.72. The molecule has 4 aromatic rings. The highest BCUT2D eigenvalue weighted by atomic mass is 16.6. The number of amides is 1. The van der Waals surface area contributed by atoms with Gasteiger partial charge in [-0.3, -0.25) is 19.8 Å². The number of nitrogens with zero attached hydrogens (tertiary/aromatic N) is 5. The fraction of sp³-hybridized carbons (Fsp3) is 0.212. The number of nitro groups is 1. The number of aliphatic carboxylic acids is 1. The Morgan fingerprint density at radius 3 is 1.91 bits per heavy atom. The lowest BCUT2D eigenvalue weighted by Gasteiger charge is -2.27. The number of carbonyl (C=O) groups excluding carboxylic acids is 1. The van der Waals surface area contributed by atoms with Crippen molar-refractivity contribution in [3.63, 3.8) is 0 Å². The topological polar surface area (TPSA) is 138 Å². The number of likely N-dealkylation sites (N-methyl/N-ethyl adjacent to an activating group) is 1. The molecule has 0 atom stereocenters. The SMILES string of the molecule is CCN(CCN(CC(=O)O)C(=O)OCC1c2ccccc2-c2ccccc21)c1ccc(N=Nc2ccc([N+](=O)[O-])cc2)cc1. The third-order valence-electron chi connectivity index (χ3n) is 7.50. The van der Waals surface area contributed by atoms with Crippen molar-refractivity contribution in [2.24, 2.45) is 10.2 Å². The van der Waals surface area contributed by atoms with Crippen LogP contribution in [0.5, 0.6) is 0 Å². The first-order chi connectivity index (χ1) is 21.3. The van der Waals surface area contributed by atoms with Crippen molar-refractivity contribution < 1.29 is 24.4 Å². The summed E-state index contributed by atoms with van der Waals surface area (Å²) in [5.41, 5.74) is 6.32. The summed E-state index contributed by atoms with van der Waals surface area (Å²) in [6.45, 7) is 2.76. The molecule has 5 rings (SSSR count). The number of carboxylic acids is 1. The highest BCUT2D eigenvalue weighted by Gasteiger charge is 2.30. The Morgan fingerprint density at radius 1 is 0.841 bits per heavy atom. The molecule has 4 aromatic carbocycles. The molecule has 0 heterocycles. The van der Waals surface area contributed by atoms with Crippen molar-refractivity contribution in [1.29, 1.82) is 0 Å². The van der Waals surface area contributed by atoms with Gasteiger partial charge in [0.25, 0.3) is 5.69 Å². The Hall–Kier alpha value is -5.58. The zero-order chi connectivity index (χ0) is 31.1. The molecule has 0 aliphatic heterocycles. The number of fused-ring (bicyclic) bond motifs is 3. The van der Waals surface area contributed by atoms with Gasteiger partial charge in [0.2, 0.25) is 0 Å². The van der Waals surface area contributed by atoms with Crippen molar-refractivity contribution in [3.05, 3.63) is 118 Å². The summed E-state index contributed by atoms with van der Waals surface area (Å²) in [5, 5.41) is 28.6.